The zero-order valence-electron chi connectivity index (χ0n) is 17.4. The average molecular weight is 417 g/mol. The van der Waals surface area contributed by atoms with Crippen LogP contribution in [0.25, 0.3) is 0 Å². The predicted octanol–water partition coefficient (Wildman–Crippen LogP) is 1.47. The minimum atomic E-state index is -0.798. The monoisotopic (exact) mass is 417 g/mol. The molecule has 162 valence electrons. The van der Waals surface area contributed by atoms with Crippen molar-refractivity contribution in [2.24, 2.45) is 5.92 Å². The summed E-state index contributed by atoms with van der Waals surface area (Å²) in [6, 6.07) is 3.99. The maximum atomic E-state index is 12.4. The number of amides is 2. The Kier molecular flexibility index (Phi) is 6.59. The Balaban J connectivity index is 1.60. The maximum absolute atomic E-state index is 12.4. The van der Waals surface area contributed by atoms with Gasteiger partial charge in [-0.1, -0.05) is 13.8 Å². The van der Waals surface area contributed by atoms with Gasteiger partial charge in [0.05, 0.1) is 24.0 Å². The van der Waals surface area contributed by atoms with E-state index in [-0.39, 0.29) is 23.4 Å². The first-order valence-electron chi connectivity index (χ1n) is 10.1. The van der Waals surface area contributed by atoms with E-state index in [2.05, 4.69) is 10.6 Å². The van der Waals surface area contributed by atoms with Gasteiger partial charge in [-0.3, -0.25) is 9.59 Å². The molecule has 2 atom stereocenters. The molecule has 0 unspecified atom stereocenters. The number of hydrogen-bond acceptors (Lipinski definition) is 7. The van der Waals surface area contributed by atoms with E-state index in [1.54, 1.807) is 18.2 Å². The summed E-state index contributed by atoms with van der Waals surface area (Å²) in [5.41, 5.74) is 1.66. The molecule has 0 spiro atoms. The number of carbonyl (C=O) groups is 4. The van der Waals surface area contributed by atoms with Crippen molar-refractivity contribution in [3.63, 3.8) is 0 Å². The first-order valence-corrected chi connectivity index (χ1v) is 10.1. The van der Waals surface area contributed by atoms with Crippen molar-refractivity contribution in [1.82, 2.24) is 5.32 Å². The van der Waals surface area contributed by atoms with E-state index in [0.717, 1.165) is 25.1 Å². The summed E-state index contributed by atoms with van der Waals surface area (Å²) in [7, 11) is 1.25. The number of nitrogens with zero attached hydrogens (tertiary/aromatic N) is 1. The summed E-state index contributed by atoms with van der Waals surface area (Å²) in [5, 5.41) is 5.37. The smallest absolute Gasteiger partial charge is 0.338 e. The van der Waals surface area contributed by atoms with Crippen molar-refractivity contribution in [3.8, 4) is 0 Å². The Labute approximate surface area is 175 Å². The van der Waals surface area contributed by atoms with Crippen molar-refractivity contribution in [2.75, 3.05) is 30.5 Å². The maximum Gasteiger partial charge on any atom is 0.338 e. The molecular formula is C21H27N3O6. The van der Waals surface area contributed by atoms with Crippen molar-refractivity contribution >= 4 is 35.1 Å². The van der Waals surface area contributed by atoms with E-state index >= 15 is 0 Å². The molecule has 0 bridgehead atoms. The standard InChI is InChI=1S/C21H27N3O6/c1-12(2)9-15(21(28)29-3)22-18(25)11-30-20(27)13-6-7-16-14(10-13)23-19(26)17-5-4-8-24(16)17/h6-7,10,12,15,17H,4-5,8-9,11H2,1-3H3,(H,22,25)(H,23,26)/t15-,17-/m1/s1. The summed E-state index contributed by atoms with van der Waals surface area (Å²) in [4.78, 5) is 50.6. The van der Waals surface area contributed by atoms with E-state index in [1.807, 2.05) is 18.7 Å². The Bertz CT molecular complexity index is 853. The minimum Gasteiger partial charge on any atom is -0.467 e. The van der Waals surface area contributed by atoms with Gasteiger partial charge in [0.15, 0.2) is 6.61 Å². The lowest BCUT2D eigenvalue weighted by atomic mass is 10.0. The first kappa shape index (κ1) is 21.6. The Morgan fingerprint density at radius 3 is 2.77 bits per heavy atom. The number of anilines is 2. The van der Waals surface area contributed by atoms with Gasteiger partial charge < -0.3 is 25.0 Å². The molecule has 2 heterocycles. The molecule has 9 heteroatoms. The molecule has 2 aliphatic heterocycles. The number of methoxy groups -OCH3 is 1. The second-order valence-electron chi connectivity index (χ2n) is 7.92. The highest BCUT2D eigenvalue weighted by Gasteiger charge is 2.36. The molecule has 2 aliphatic rings. The third-order valence-corrected chi connectivity index (χ3v) is 5.22. The predicted molar refractivity (Wildman–Crippen MR) is 109 cm³/mol. The molecule has 1 aromatic carbocycles. The lowest BCUT2D eigenvalue weighted by molar-refractivity contribution is -0.145. The second kappa shape index (κ2) is 9.15. The van der Waals surface area contributed by atoms with Gasteiger partial charge in [-0.25, -0.2) is 9.59 Å². The lowest BCUT2D eigenvalue weighted by Gasteiger charge is -2.33. The molecule has 3 rings (SSSR count). The molecule has 2 N–H and O–H groups in total. The van der Waals surface area contributed by atoms with Crippen molar-refractivity contribution in [2.45, 2.75) is 45.2 Å². The van der Waals surface area contributed by atoms with Gasteiger partial charge in [-0.15, -0.1) is 0 Å². The quantitative estimate of drug-likeness (QED) is 0.646. The van der Waals surface area contributed by atoms with E-state index in [4.69, 9.17) is 9.47 Å². The van der Waals surface area contributed by atoms with Crippen LogP contribution in [-0.2, 0) is 23.9 Å². The summed E-state index contributed by atoms with van der Waals surface area (Å²) in [6.45, 7) is 4.11. The highest BCUT2D eigenvalue weighted by atomic mass is 16.5. The van der Waals surface area contributed by atoms with Crippen LogP contribution in [0.4, 0.5) is 11.4 Å². The number of ether oxygens (including phenoxy) is 2. The molecule has 2 amide bonds. The molecule has 30 heavy (non-hydrogen) atoms. The summed E-state index contributed by atoms with van der Waals surface area (Å²) in [6.07, 6.45) is 2.17. The van der Waals surface area contributed by atoms with Gasteiger partial charge >= 0.3 is 11.9 Å². The van der Waals surface area contributed by atoms with Crippen LogP contribution in [0.15, 0.2) is 18.2 Å². The van der Waals surface area contributed by atoms with Crippen LogP contribution in [0.2, 0.25) is 0 Å². The largest absolute Gasteiger partial charge is 0.467 e. The zero-order chi connectivity index (χ0) is 21.8. The first-order chi connectivity index (χ1) is 14.3. The number of carbonyl (C=O) groups excluding carboxylic acids is 4. The van der Waals surface area contributed by atoms with E-state index in [9.17, 15) is 19.2 Å². The fourth-order valence-corrected chi connectivity index (χ4v) is 3.84. The van der Waals surface area contributed by atoms with E-state index in [1.165, 1.54) is 7.11 Å². The normalized spacial score (nSPS) is 18.2. The number of hydrogen-bond donors (Lipinski definition) is 2. The van der Waals surface area contributed by atoms with Gasteiger partial charge in [0.1, 0.15) is 12.1 Å². The van der Waals surface area contributed by atoms with Crippen LogP contribution >= 0.6 is 0 Å². The Morgan fingerprint density at radius 2 is 2.07 bits per heavy atom. The SMILES string of the molecule is COC(=O)[C@@H](CC(C)C)NC(=O)COC(=O)c1ccc2c(c1)NC(=O)[C@H]1CCCN21. The number of fused-ring (bicyclic) bond motifs is 3. The molecule has 0 aromatic heterocycles. The molecule has 1 saturated heterocycles. The third kappa shape index (κ3) is 4.72. The van der Waals surface area contributed by atoms with E-state index < -0.39 is 30.5 Å². The summed E-state index contributed by atoms with van der Waals surface area (Å²) < 4.78 is 9.78. The highest BCUT2D eigenvalue weighted by molar-refractivity contribution is 6.05. The van der Waals surface area contributed by atoms with Crippen molar-refractivity contribution in [1.29, 1.82) is 0 Å². The van der Waals surface area contributed by atoms with Crippen molar-refractivity contribution < 1.29 is 28.7 Å². The number of nitrogens with one attached hydrogen (secondary N) is 2. The average Bonchev–Trinajstić information content (AvgIpc) is 3.21. The molecule has 0 radical (unpaired) electrons. The highest BCUT2D eigenvalue weighted by Crippen LogP contribution is 2.37. The van der Waals surface area contributed by atoms with E-state index in [0.29, 0.717) is 12.1 Å². The topological polar surface area (TPSA) is 114 Å². The van der Waals surface area contributed by atoms with Crippen LogP contribution in [-0.4, -0.2) is 56.1 Å². The second-order valence-corrected chi connectivity index (χ2v) is 7.92. The van der Waals surface area contributed by atoms with Gasteiger partial charge in [0, 0.05) is 6.54 Å². The number of esters is 2. The molecular weight excluding hydrogens is 390 g/mol. The van der Waals surface area contributed by atoms with Crippen LogP contribution < -0.4 is 15.5 Å². The Hall–Kier alpha value is -3.10. The molecule has 9 nitrogen and oxygen atoms in total. The van der Waals surface area contributed by atoms with Gasteiger partial charge in [0.25, 0.3) is 5.91 Å². The van der Waals surface area contributed by atoms with Crippen LogP contribution in [0, 0.1) is 5.92 Å². The summed E-state index contributed by atoms with van der Waals surface area (Å²) >= 11 is 0. The van der Waals surface area contributed by atoms with Gasteiger partial charge in [-0.2, -0.15) is 0 Å². The fraction of sp³-hybridized carbons (Fsp3) is 0.524. The summed E-state index contributed by atoms with van der Waals surface area (Å²) in [5.74, 6) is -1.74. The fourth-order valence-electron chi connectivity index (χ4n) is 3.84. The zero-order valence-corrected chi connectivity index (χ0v) is 17.4. The van der Waals surface area contributed by atoms with Crippen LogP contribution in [0.3, 0.4) is 0 Å². The molecule has 1 aromatic rings. The van der Waals surface area contributed by atoms with Crippen molar-refractivity contribution in [3.05, 3.63) is 23.8 Å². The van der Waals surface area contributed by atoms with Crippen LogP contribution in [0.1, 0.15) is 43.5 Å². The number of benzene rings is 1. The van der Waals surface area contributed by atoms with Crippen LogP contribution in [0.5, 0.6) is 0 Å². The minimum absolute atomic E-state index is 0.0797. The molecule has 0 saturated carbocycles. The Morgan fingerprint density at radius 1 is 1.30 bits per heavy atom. The number of rotatable bonds is 7. The van der Waals surface area contributed by atoms with Gasteiger partial charge in [0.2, 0.25) is 5.91 Å². The molecule has 1 fully saturated rings. The molecule has 0 aliphatic carbocycles. The van der Waals surface area contributed by atoms with Gasteiger partial charge in [-0.05, 0) is 43.4 Å². The third-order valence-electron chi connectivity index (χ3n) is 5.22. The lowest BCUT2D eigenvalue weighted by Crippen LogP contribution is -2.44.